The molecule has 1 aromatic rings. The fraction of sp³-hybridized carbons (Fsp3) is 0.500. The lowest BCUT2D eigenvalue weighted by atomic mass is 10.1. The minimum Gasteiger partial charge on any atom is -0.481 e. The van der Waals surface area contributed by atoms with Crippen LogP contribution in [0.5, 0.6) is 0 Å². The van der Waals surface area contributed by atoms with Crippen molar-refractivity contribution in [1.82, 2.24) is 4.90 Å². The van der Waals surface area contributed by atoms with Gasteiger partial charge in [-0.05, 0) is 18.9 Å². The maximum absolute atomic E-state index is 12.1. The Kier molecular flexibility index (Phi) is 5.90. The molecule has 2 saturated heterocycles. The van der Waals surface area contributed by atoms with E-state index in [-0.39, 0.29) is 48.0 Å². The summed E-state index contributed by atoms with van der Waals surface area (Å²) in [5.74, 6) is -1.14. The van der Waals surface area contributed by atoms with Crippen LogP contribution in [0.25, 0.3) is 0 Å². The van der Waals surface area contributed by atoms with E-state index in [1.54, 1.807) is 0 Å². The number of benzene rings is 1. The van der Waals surface area contributed by atoms with Crippen molar-refractivity contribution in [2.45, 2.75) is 44.0 Å². The quantitative estimate of drug-likeness (QED) is 0.763. The highest BCUT2D eigenvalue weighted by Crippen LogP contribution is 2.39. The largest absolute Gasteiger partial charge is 0.481 e. The predicted octanol–water partition coefficient (Wildman–Crippen LogP) is 1.85. The summed E-state index contributed by atoms with van der Waals surface area (Å²) >= 11 is 1.34. The van der Waals surface area contributed by atoms with Crippen LogP contribution in [0, 0.1) is 6.92 Å². The lowest BCUT2D eigenvalue weighted by Gasteiger charge is -2.24. The van der Waals surface area contributed by atoms with E-state index in [9.17, 15) is 18.0 Å². The third-order valence-electron chi connectivity index (χ3n) is 4.65. The van der Waals surface area contributed by atoms with Gasteiger partial charge in [-0.15, -0.1) is 0 Å². The van der Waals surface area contributed by atoms with Crippen LogP contribution in [-0.2, 0) is 26.0 Å². The summed E-state index contributed by atoms with van der Waals surface area (Å²) in [7, 11) is -3.08. The lowest BCUT2D eigenvalue weighted by Crippen LogP contribution is -2.37. The molecule has 9 heteroatoms. The van der Waals surface area contributed by atoms with Crippen molar-refractivity contribution in [2.24, 2.45) is 4.99 Å². The molecule has 2 fully saturated rings. The Labute approximate surface area is 162 Å². The number of amides is 1. The maximum Gasteiger partial charge on any atom is 0.303 e. The van der Waals surface area contributed by atoms with Crippen molar-refractivity contribution in [3.05, 3.63) is 35.4 Å². The first-order chi connectivity index (χ1) is 12.7. The summed E-state index contributed by atoms with van der Waals surface area (Å²) in [4.78, 5) is 28.8. The molecule has 1 amide bonds. The van der Waals surface area contributed by atoms with Gasteiger partial charge in [0.25, 0.3) is 0 Å². The molecule has 27 heavy (non-hydrogen) atoms. The number of aryl methyl sites for hydroxylation is 1. The third kappa shape index (κ3) is 5.10. The van der Waals surface area contributed by atoms with Gasteiger partial charge in [0.1, 0.15) is 0 Å². The van der Waals surface area contributed by atoms with E-state index in [4.69, 9.17) is 5.11 Å². The van der Waals surface area contributed by atoms with E-state index in [1.165, 1.54) is 11.8 Å². The minimum absolute atomic E-state index is 0.0691. The van der Waals surface area contributed by atoms with E-state index in [0.717, 1.165) is 11.1 Å². The first-order valence-electron chi connectivity index (χ1n) is 8.76. The van der Waals surface area contributed by atoms with Crippen molar-refractivity contribution in [3.8, 4) is 0 Å². The summed E-state index contributed by atoms with van der Waals surface area (Å²) in [5, 5.41) is 9.10. The van der Waals surface area contributed by atoms with Gasteiger partial charge in [0.05, 0.1) is 17.5 Å². The van der Waals surface area contributed by atoms with Gasteiger partial charge in [-0.2, -0.15) is 4.99 Å². The number of aliphatic imine (C=N–C) groups is 1. The average Bonchev–Trinajstić information content (AvgIpc) is 3.02. The number of fused-ring (bicyclic) bond motifs is 1. The van der Waals surface area contributed by atoms with E-state index >= 15 is 0 Å². The van der Waals surface area contributed by atoms with Crippen LogP contribution >= 0.6 is 11.8 Å². The molecule has 2 atom stereocenters. The van der Waals surface area contributed by atoms with Gasteiger partial charge < -0.3 is 10.0 Å². The zero-order valence-corrected chi connectivity index (χ0v) is 16.6. The van der Waals surface area contributed by atoms with Crippen LogP contribution in [0.1, 0.15) is 30.4 Å². The van der Waals surface area contributed by atoms with Crippen molar-refractivity contribution >= 4 is 38.6 Å². The number of carbonyl (C=O) groups excluding carboxylic acids is 1. The Bertz CT molecular complexity index is 864. The molecular formula is C18H22N2O5S2. The van der Waals surface area contributed by atoms with Crippen LogP contribution in [0.3, 0.4) is 0 Å². The molecule has 1 N–H and O–H groups in total. The molecule has 2 aliphatic rings. The molecule has 0 unspecified atom stereocenters. The molecule has 0 bridgehead atoms. The van der Waals surface area contributed by atoms with Crippen molar-refractivity contribution in [1.29, 1.82) is 0 Å². The number of hydrogen-bond acceptors (Lipinski definition) is 5. The van der Waals surface area contributed by atoms with E-state index < -0.39 is 15.8 Å². The average molecular weight is 411 g/mol. The van der Waals surface area contributed by atoms with Gasteiger partial charge in [0, 0.05) is 24.6 Å². The molecular weight excluding hydrogens is 388 g/mol. The normalized spacial score (nSPS) is 24.9. The monoisotopic (exact) mass is 410 g/mol. The van der Waals surface area contributed by atoms with Gasteiger partial charge in [0.2, 0.25) is 5.91 Å². The smallest absolute Gasteiger partial charge is 0.303 e. The molecule has 0 spiro atoms. The Morgan fingerprint density at radius 1 is 1.22 bits per heavy atom. The first-order valence-corrected chi connectivity index (χ1v) is 11.5. The number of aliphatic carboxylic acids is 1. The molecule has 0 radical (unpaired) electrons. The standard InChI is InChI=1S/C18H22N2O5S2/c1-12-5-7-13(8-6-12)9-20-14-10-27(24,25)11-15(14)26-18(20)19-16(21)3-2-4-17(22)23/h5-8,14-15H,2-4,9-11H2,1H3,(H,22,23)/t14-,15+/m1/s1. The van der Waals surface area contributed by atoms with Gasteiger partial charge >= 0.3 is 5.97 Å². The highest BCUT2D eigenvalue weighted by atomic mass is 32.2. The third-order valence-corrected chi connectivity index (χ3v) is 7.90. The molecule has 146 valence electrons. The zero-order valence-electron chi connectivity index (χ0n) is 15.0. The molecule has 0 aliphatic carbocycles. The summed E-state index contributed by atoms with van der Waals surface area (Å²) < 4.78 is 24.0. The number of carbonyl (C=O) groups is 2. The van der Waals surface area contributed by atoms with E-state index in [2.05, 4.69) is 4.99 Å². The van der Waals surface area contributed by atoms with Crippen molar-refractivity contribution < 1.29 is 23.1 Å². The Hall–Kier alpha value is -1.87. The fourth-order valence-corrected chi connectivity index (χ4v) is 7.23. The number of hydrogen-bond donors (Lipinski definition) is 1. The van der Waals surface area contributed by atoms with Gasteiger partial charge in [0.15, 0.2) is 15.0 Å². The predicted molar refractivity (Wildman–Crippen MR) is 104 cm³/mol. The summed E-state index contributed by atoms with van der Waals surface area (Å²) in [6.07, 6.45) is 0.248. The molecule has 2 aliphatic heterocycles. The van der Waals surface area contributed by atoms with Crippen LogP contribution < -0.4 is 0 Å². The van der Waals surface area contributed by atoms with Gasteiger partial charge in [-0.3, -0.25) is 9.59 Å². The topological polar surface area (TPSA) is 104 Å². The number of rotatable bonds is 6. The van der Waals surface area contributed by atoms with Gasteiger partial charge in [-0.1, -0.05) is 41.6 Å². The van der Waals surface area contributed by atoms with Crippen LogP contribution in [0.2, 0.25) is 0 Å². The van der Waals surface area contributed by atoms with Crippen molar-refractivity contribution in [3.63, 3.8) is 0 Å². The maximum atomic E-state index is 12.1. The molecule has 1 aromatic carbocycles. The number of thioether (sulfide) groups is 1. The highest BCUT2D eigenvalue weighted by molar-refractivity contribution is 8.15. The highest BCUT2D eigenvalue weighted by Gasteiger charge is 2.48. The first kappa shape index (κ1) is 19.9. The van der Waals surface area contributed by atoms with Crippen LogP contribution in [-0.4, -0.2) is 58.3 Å². The number of sulfone groups is 1. The molecule has 7 nitrogen and oxygen atoms in total. The van der Waals surface area contributed by atoms with E-state index in [0.29, 0.717) is 11.7 Å². The Morgan fingerprint density at radius 3 is 2.59 bits per heavy atom. The number of carboxylic acids is 1. The van der Waals surface area contributed by atoms with Crippen LogP contribution in [0.4, 0.5) is 0 Å². The second-order valence-electron chi connectivity index (χ2n) is 6.95. The Balaban J connectivity index is 1.77. The fourth-order valence-electron chi connectivity index (χ4n) is 3.26. The van der Waals surface area contributed by atoms with Crippen LogP contribution in [0.15, 0.2) is 29.3 Å². The molecule has 0 saturated carbocycles. The molecule has 0 aromatic heterocycles. The SMILES string of the molecule is Cc1ccc(CN2C(=NC(=O)CCCC(=O)O)S[C@H]3CS(=O)(=O)C[C@H]32)cc1. The minimum atomic E-state index is -3.08. The van der Waals surface area contributed by atoms with E-state index in [1.807, 2.05) is 36.1 Å². The number of amidine groups is 1. The van der Waals surface area contributed by atoms with Crippen molar-refractivity contribution in [2.75, 3.05) is 11.5 Å². The molecule has 2 heterocycles. The lowest BCUT2D eigenvalue weighted by molar-refractivity contribution is -0.137. The Morgan fingerprint density at radius 2 is 1.93 bits per heavy atom. The number of nitrogens with zero attached hydrogens (tertiary/aromatic N) is 2. The molecule has 3 rings (SSSR count). The second kappa shape index (κ2) is 8.02. The summed E-state index contributed by atoms with van der Waals surface area (Å²) in [5.41, 5.74) is 2.16. The summed E-state index contributed by atoms with van der Waals surface area (Å²) in [6.45, 7) is 2.49. The zero-order chi connectivity index (χ0) is 19.6. The summed E-state index contributed by atoms with van der Waals surface area (Å²) in [6, 6.07) is 7.78. The number of carboxylic acid groups (broad SMARTS) is 1. The van der Waals surface area contributed by atoms with Gasteiger partial charge in [-0.25, -0.2) is 8.42 Å². The second-order valence-corrected chi connectivity index (χ2v) is 10.3.